The molecule has 0 bridgehead atoms. The van der Waals surface area contributed by atoms with Crippen LogP contribution in [0.25, 0.3) is 0 Å². The predicted molar refractivity (Wildman–Crippen MR) is 78.9 cm³/mol. The fourth-order valence-electron chi connectivity index (χ4n) is 2.26. The summed E-state index contributed by atoms with van der Waals surface area (Å²) in [5.74, 6) is -0.465. The van der Waals surface area contributed by atoms with E-state index in [2.05, 4.69) is 0 Å². The van der Waals surface area contributed by atoms with Gasteiger partial charge in [-0.05, 0) is 25.5 Å². The summed E-state index contributed by atoms with van der Waals surface area (Å²) in [5, 5.41) is 22.4. The first kappa shape index (κ1) is 15.9. The largest absolute Gasteiger partial charge is 0.618 e. The van der Waals surface area contributed by atoms with Crippen molar-refractivity contribution in [3.8, 4) is 0 Å². The van der Waals surface area contributed by atoms with Crippen LogP contribution >= 0.6 is 0 Å². The summed E-state index contributed by atoms with van der Waals surface area (Å²) in [5.41, 5.74) is 0.771. The van der Waals surface area contributed by atoms with E-state index in [1.807, 2.05) is 0 Å². The van der Waals surface area contributed by atoms with E-state index in [0.29, 0.717) is 15.9 Å². The van der Waals surface area contributed by atoms with Gasteiger partial charge in [0, 0.05) is 23.3 Å². The number of pyridine rings is 1. The Morgan fingerprint density at radius 2 is 1.86 bits per heavy atom. The van der Waals surface area contributed by atoms with Crippen LogP contribution in [0.15, 0.2) is 41.6 Å². The molecule has 0 radical (unpaired) electrons. The molecule has 0 aliphatic rings. The summed E-state index contributed by atoms with van der Waals surface area (Å²) in [7, 11) is -3.91. The van der Waals surface area contributed by atoms with Gasteiger partial charge in [0.1, 0.15) is 0 Å². The second-order valence-electron chi connectivity index (χ2n) is 4.90. The van der Waals surface area contributed by atoms with Crippen molar-refractivity contribution < 1.29 is 18.1 Å². The van der Waals surface area contributed by atoms with Crippen molar-refractivity contribution in [2.45, 2.75) is 24.6 Å². The van der Waals surface area contributed by atoms with Crippen LogP contribution in [0.1, 0.15) is 16.7 Å². The van der Waals surface area contributed by atoms with Gasteiger partial charge < -0.3 is 5.21 Å². The molecular weight excluding hydrogens is 308 g/mol. The Morgan fingerprint density at radius 1 is 1.18 bits per heavy atom. The van der Waals surface area contributed by atoms with Gasteiger partial charge in [-0.15, -0.1) is 0 Å². The summed E-state index contributed by atoms with van der Waals surface area (Å²) < 4.78 is 25.3. The van der Waals surface area contributed by atoms with Gasteiger partial charge in [-0.25, -0.2) is 8.42 Å². The highest BCUT2D eigenvalue weighted by molar-refractivity contribution is 7.90. The van der Waals surface area contributed by atoms with Gasteiger partial charge in [0.05, 0.1) is 10.7 Å². The molecule has 116 valence electrons. The fraction of sp³-hybridized carbons (Fsp3) is 0.214. The smallest absolute Gasteiger partial charge is 0.311 e. The number of nitrogens with zero attached hydrogens (tertiary/aromatic N) is 2. The molecule has 0 N–H and O–H groups in total. The van der Waals surface area contributed by atoms with E-state index in [0.717, 1.165) is 6.20 Å². The van der Waals surface area contributed by atoms with Crippen LogP contribution in [0.5, 0.6) is 0 Å². The average Bonchev–Trinajstić information content (AvgIpc) is 2.40. The molecule has 0 spiro atoms. The van der Waals surface area contributed by atoms with Crippen molar-refractivity contribution >= 4 is 15.5 Å². The predicted octanol–water partition coefficient (Wildman–Crippen LogP) is 1.82. The third-order valence-electron chi connectivity index (χ3n) is 3.36. The molecule has 2 rings (SSSR count). The molecule has 0 unspecified atom stereocenters. The zero-order valence-electron chi connectivity index (χ0n) is 12.0. The molecule has 22 heavy (non-hydrogen) atoms. The lowest BCUT2D eigenvalue weighted by atomic mass is 10.1. The minimum absolute atomic E-state index is 0.146. The molecule has 2 aromatic rings. The van der Waals surface area contributed by atoms with Crippen LogP contribution in [-0.4, -0.2) is 13.3 Å². The summed E-state index contributed by atoms with van der Waals surface area (Å²) in [6.07, 6.45) is 1.11. The van der Waals surface area contributed by atoms with E-state index in [-0.39, 0.29) is 16.3 Å². The summed E-state index contributed by atoms with van der Waals surface area (Å²) in [4.78, 5) is 10.4. The van der Waals surface area contributed by atoms with Gasteiger partial charge in [0.25, 0.3) is 5.69 Å². The van der Waals surface area contributed by atoms with Crippen molar-refractivity contribution in [1.29, 1.82) is 0 Å². The van der Waals surface area contributed by atoms with E-state index in [4.69, 9.17) is 0 Å². The number of rotatable bonds is 4. The zero-order chi connectivity index (χ0) is 16.5. The molecule has 0 saturated carbocycles. The lowest BCUT2D eigenvalue weighted by Crippen LogP contribution is -2.35. The Balaban J connectivity index is 2.51. The fourth-order valence-corrected chi connectivity index (χ4v) is 4.01. The maximum Gasteiger partial charge on any atom is 0.311 e. The molecule has 8 heteroatoms. The molecule has 1 heterocycles. The number of sulfone groups is 1. The normalized spacial score (nSPS) is 11.4. The minimum atomic E-state index is -3.91. The third kappa shape index (κ3) is 2.91. The van der Waals surface area contributed by atoms with Crippen molar-refractivity contribution in [2.24, 2.45) is 0 Å². The number of aromatic nitrogens is 1. The molecule has 1 aromatic carbocycles. The van der Waals surface area contributed by atoms with Crippen LogP contribution < -0.4 is 4.73 Å². The summed E-state index contributed by atoms with van der Waals surface area (Å²) in [6.45, 7) is 3.02. The van der Waals surface area contributed by atoms with E-state index in [9.17, 15) is 23.7 Å². The summed E-state index contributed by atoms with van der Waals surface area (Å²) >= 11 is 0. The molecular formula is C14H14N2O5S. The second-order valence-corrected chi connectivity index (χ2v) is 6.80. The number of hydrogen-bond acceptors (Lipinski definition) is 5. The molecule has 0 aliphatic carbocycles. The van der Waals surface area contributed by atoms with E-state index in [1.165, 1.54) is 44.2 Å². The van der Waals surface area contributed by atoms with Crippen molar-refractivity contribution in [3.63, 3.8) is 0 Å². The van der Waals surface area contributed by atoms with Gasteiger partial charge in [0.15, 0.2) is 6.20 Å². The topological polar surface area (TPSA) is 104 Å². The first-order valence-corrected chi connectivity index (χ1v) is 8.03. The van der Waals surface area contributed by atoms with Crippen molar-refractivity contribution in [3.05, 3.63) is 68.5 Å². The Kier molecular flexibility index (Phi) is 4.14. The highest BCUT2D eigenvalue weighted by Gasteiger charge is 2.28. The number of hydrogen-bond donors (Lipinski definition) is 0. The van der Waals surface area contributed by atoms with Crippen molar-refractivity contribution in [1.82, 2.24) is 0 Å². The Hall–Kier alpha value is -2.48. The standard InChI is InChI=1S/C14H14N2O5S/c1-10-5-4-8-15(17)14(10)22(20,21)9-12-6-3-7-13(11(12)2)16(18)19/h3-8H,9H2,1-2H3. The SMILES string of the molecule is Cc1ccc[n+]([O-])c1S(=O)(=O)Cc1cccc([N+](=O)[O-])c1C. The highest BCUT2D eigenvalue weighted by Crippen LogP contribution is 2.25. The molecule has 0 saturated heterocycles. The lowest BCUT2D eigenvalue weighted by Gasteiger charge is -2.09. The first-order chi connectivity index (χ1) is 10.2. The molecule has 1 aromatic heterocycles. The molecule has 0 fully saturated rings. The van der Waals surface area contributed by atoms with Crippen LogP contribution in [0.2, 0.25) is 0 Å². The molecule has 0 aliphatic heterocycles. The van der Waals surface area contributed by atoms with Gasteiger partial charge in [-0.3, -0.25) is 10.1 Å². The van der Waals surface area contributed by atoms with Crippen LogP contribution in [0, 0.1) is 29.2 Å². The van der Waals surface area contributed by atoms with Crippen molar-refractivity contribution in [2.75, 3.05) is 0 Å². The molecule has 7 nitrogen and oxygen atoms in total. The van der Waals surface area contributed by atoms with Crippen LogP contribution in [0.4, 0.5) is 5.69 Å². The second kappa shape index (κ2) is 5.72. The van der Waals surface area contributed by atoms with Gasteiger partial charge in [0.2, 0.25) is 9.84 Å². The monoisotopic (exact) mass is 322 g/mol. The molecule has 0 amide bonds. The quantitative estimate of drug-likeness (QED) is 0.369. The van der Waals surface area contributed by atoms with Crippen LogP contribution in [0.3, 0.4) is 0 Å². The third-order valence-corrected chi connectivity index (χ3v) is 5.14. The Bertz CT molecular complexity index is 826. The molecule has 0 atom stereocenters. The average molecular weight is 322 g/mol. The highest BCUT2D eigenvalue weighted by atomic mass is 32.2. The number of benzene rings is 1. The number of nitro benzene ring substituents is 1. The maximum atomic E-state index is 12.5. The Morgan fingerprint density at radius 3 is 2.45 bits per heavy atom. The lowest BCUT2D eigenvalue weighted by molar-refractivity contribution is -0.647. The van der Waals surface area contributed by atoms with Gasteiger partial charge in [-0.2, -0.15) is 4.73 Å². The first-order valence-electron chi connectivity index (χ1n) is 6.38. The van der Waals surface area contributed by atoms with Gasteiger partial charge >= 0.3 is 5.03 Å². The van der Waals surface area contributed by atoms with E-state index >= 15 is 0 Å². The Labute approximate surface area is 127 Å². The van der Waals surface area contributed by atoms with Crippen LogP contribution in [-0.2, 0) is 15.6 Å². The zero-order valence-corrected chi connectivity index (χ0v) is 12.8. The number of nitro groups is 1. The number of aryl methyl sites for hydroxylation is 1. The van der Waals surface area contributed by atoms with E-state index < -0.39 is 20.5 Å². The maximum absolute atomic E-state index is 12.5. The van der Waals surface area contributed by atoms with Gasteiger partial charge in [-0.1, -0.05) is 12.1 Å². The minimum Gasteiger partial charge on any atom is -0.618 e. The van der Waals surface area contributed by atoms with E-state index in [1.54, 1.807) is 0 Å². The summed E-state index contributed by atoms with van der Waals surface area (Å²) in [6, 6.07) is 7.24.